The van der Waals surface area contributed by atoms with Gasteiger partial charge in [0.15, 0.2) is 0 Å². The highest BCUT2D eigenvalue weighted by molar-refractivity contribution is 5.22. The Morgan fingerprint density at radius 3 is 2.71 bits per heavy atom. The number of benzene rings is 1. The van der Waals surface area contributed by atoms with Gasteiger partial charge in [0, 0.05) is 56.1 Å². The van der Waals surface area contributed by atoms with E-state index < -0.39 is 0 Å². The molecule has 1 aromatic carbocycles. The molecule has 2 aromatic heterocycles. The van der Waals surface area contributed by atoms with Gasteiger partial charge in [0.1, 0.15) is 0 Å². The number of piperidine rings is 1. The fourth-order valence-electron chi connectivity index (χ4n) is 5.06. The third kappa shape index (κ3) is 4.63. The van der Waals surface area contributed by atoms with Gasteiger partial charge in [-0.05, 0) is 49.1 Å². The molecule has 31 heavy (non-hydrogen) atoms. The second kappa shape index (κ2) is 9.16. The quantitative estimate of drug-likeness (QED) is 0.645. The molecular formula is C26H30N4O. The van der Waals surface area contributed by atoms with Gasteiger partial charge in [0.05, 0.1) is 5.69 Å². The molecule has 0 saturated carbocycles. The van der Waals surface area contributed by atoms with Crippen molar-refractivity contribution in [1.29, 1.82) is 0 Å². The van der Waals surface area contributed by atoms with E-state index in [-0.39, 0.29) is 5.56 Å². The summed E-state index contributed by atoms with van der Waals surface area (Å²) in [6.07, 6.45) is 4.00. The molecular weight excluding hydrogens is 384 g/mol. The summed E-state index contributed by atoms with van der Waals surface area (Å²) in [5.41, 5.74) is 4.64. The van der Waals surface area contributed by atoms with Gasteiger partial charge in [0.2, 0.25) is 0 Å². The third-order valence-corrected chi connectivity index (χ3v) is 6.65. The number of hydrogen-bond donors (Lipinski definition) is 1. The maximum atomic E-state index is 13.4. The van der Waals surface area contributed by atoms with Gasteiger partial charge in [-0.15, -0.1) is 0 Å². The molecule has 1 saturated heterocycles. The molecule has 0 amide bonds. The van der Waals surface area contributed by atoms with Crippen LogP contribution in [0.15, 0.2) is 71.7 Å². The Morgan fingerprint density at radius 2 is 1.87 bits per heavy atom. The van der Waals surface area contributed by atoms with Gasteiger partial charge in [-0.3, -0.25) is 14.7 Å². The first kappa shape index (κ1) is 20.2. The van der Waals surface area contributed by atoms with Crippen LogP contribution in [0.3, 0.4) is 0 Å². The van der Waals surface area contributed by atoms with Crippen LogP contribution in [-0.2, 0) is 26.1 Å². The zero-order valence-electron chi connectivity index (χ0n) is 17.9. The summed E-state index contributed by atoms with van der Waals surface area (Å²) in [5.74, 6) is 1.04. The van der Waals surface area contributed by atoms with Gasteiger partial charge in [-0.2, -0.15) is 0 Å². The van der Waals surface area contributed by atoms with E-state index in [4.69, 9.17) is 0 Å². The summed E-state index contributed by atoms with van der Waals surface area (Å²) in [5, 5.41) is 3.52. The average Bonchev–Trinajstić information content (AvgIpc) is 2.81. The van der Waals surface area contributed by atoms with Crippen molar-refractivity contribution in [3.63, 3.8) is 0 Å². The lowest BCUT2D eigenvalue weighted by Gasteiger charge is -2.37. The minimum Gasteiger partial charge on any atom is -0.316 e. The summed E-state index contributed by atoms with van der Waals surface area (Å²) in [7, 11) is 0. The number of pyridine rings is 2. The fourth-order valence-corrected chi connectivity index (χ4v) is 5.06. The first-order valence-electron chi connectivity index (χ1n) is 11.4. The Hall–Kier alpha value is -2.76. The van der Waals surface area contributed by atoms with Crippen molar-refractivity contribution >= 4 is 0 Å². The number of aromatic nitrogens is 2. The molecule has 1 fully saturated rings. The van der Waals surface area contributed by atoms with Crippen molar-refractivity contribution in [3.05, 3.63) is 99.7 Å². The van der Waals surface area contributed by atoms with E-state index in [2.05, 4.69) is 62.2 Å². The fraction of sp³-hybridized carbons (Fsp3) is 0.385. The highest BCUT2D eigenvalue weighted by Crippen LogP contribution is 2.31. The molecule has 1 N–H and O–H groups in total. The first-order valence-corrected chi connectivity index (χ1v) is 11.4. The molecule has 0 spiro atoms. The van der Waals surface area contributed by atoms with Crippen LogP contribution in [0, 0.1) is 5.92 Å². The second-order valence-electron chi connectivity index (χ2n) is 8.92. The van der Waals surface area contributed by atoms with Crippen molar-refractivity contribution in [2.24, 2.45) is 5.92 Å². The molecule has 2 bridgehead atoms. The van der Waals surface area contributed by atoms with Crippen LogP contribution >= 0.6 is 0 Å². The average molecular weight is 415 g/mol. The van der Waals surface area contributed by atoms with Gasteiger partial charge in [-0.1, -0.05) is 42.5 Å². The normalized spacial score (nSPS) is 19.9. The lowest BCUT2D eigenvalue weighted by Crippen LogP contribution is -2.45. The van der Waals surface area contributed by atoms with Crippen LogP contribution in [-0.4, -0.2) is 34.1 Å². The Bertz CT molecular complexity index is 1060. The van der Waals surface area contributed by atoms with Gasteiger partial charge in [-0.25, -0.2) is 0 Å². The van der Waals surface area contributed by atoms with Crippen LogP contribution in [0.25, 0.3) is 0 Å². The highest BCUT2D eigenvalue weighted by Gasteiger charge is 2.31. The van der Waals surface area contributed by atoms with E-state index in [9.17, 15) is 4.79 Å². The number of nitrogens with one attached hydrogen (secondary N) is 1. The van der Waals surface area contributed by atoms with Gasteiger partial charge < -0.3 is 9.88 Å². The molecule has 0 unspecified atom stereocenters. The number of nitrogens with zero attached hydrogens (tertiary/aromatic N) is 3. The number of rotatable bonds is 7. The topological polar surface area (TPSA) is 50.2 Å². The Labute approximate surface area is 183 Å². The van der Waals surface area contributed by atoms with Crippen molar-refractivity contribution in [3.8, 4) is 0 Å². The predicted octanol–water partition coefficient (Wildman–Crippen LogP) is 3.19. The summed E-state index contributed by atoms with van der Waals surface area (Å²) < 4.78 is 2.06. The third-order valence-electron chi connectivity index (χ3n) is 6.65. The van der Waals surface area contributed by atoms with E-state index in [0.29, 0.717) is 18.4 Å². The zero-order chi connectivity index (χ0) is 21.0. The smallest absolute Gasteiger partial charge is 0.255 e. The van der Waals surface area contributed by atoms with Crippen molar-refractivity contribution < 1.29 is 0 Å². The Morgan fingerprint density at radius 1 is 1.00 bits per heavy atom. The van der Waals surface area contributed by atoms with Gasteiger partial charge in [0.25, 0.3) is 5.56 Å². The van der Waals surface area contributed by atoms with Crippen LogP contribution in [0.1, 0.15) is 34.9 Å². The van der Waals surface area contributed by atoms with Crippen LogP contribution < -0.4 is 10.9 Å². The molecule has 2 aliphatic rings. The van der Waals surface area contributed by atoms with Crippen LogP contribution in [0.2, 0.25) is 0 Å². The SMILES string of the molecule is O=c1c(CN(CCc2ccccc2)Cc2ccccn2)ccc2n1C[C@@H]1CNC[C@H]2C1. The molecule has 5 heteroatoms. The molecule has 5 nitrogen and oxygen atoms in total. The highest BCUT2D eigenvalue weighted by atomic mass is 16.1. The summed E-state index contributed by atoms with van der Waals surface area (Å²) >= 11 is 0. The summed E-state index contributed by atoms with van der Waals surface area (Å²) in [6.45, 7) is 5.13. The van der Waals surface area contributed by atoms with E-state index in [1.165, 1.54) is 17.7 Å². The van der Waals surface area contributed by atoms with Crippen molar-refractivity contribution in [1.82, 2.24) is 19.8 Å². The molecule has 4 heterocycles. The van der Waals surface area contributed by atoms with Gasteiger partial charge >= 0.3 is 0 Å². The summed E-state index contributed by atoms with van der Waals surface area (Å²) in [6, 6.07) is 20.8. The van der Waals surface area contributed by atoms with E-state index >= 15 is 0 Å². The minimum atomic E-state index is 0.194. The molecule has 0 aliphatic carbocycles. The largest absolute Gasteiger partial charge is 0.316 e. The molecule has 160 valence electrons. The number of hydrogen-bond acceptors (Lipinski definition) is 4. The lowest BCUT2D eigenvalue weighted by atomic mass is 9.84. The maximum absolute atomic E-state index is 13.4. The molecule has 2 aliphatic heterocycles. The second-order valence-corrected chi connectivity index (χ2v) is 8.92. The van der Waals surface area contributed by atoms with Crippen LogP contribution in [0.5, 0.6) is 0 Å². The van der Waals surface area contributed by atoms with E-state index in [1.54, 1.807) is 0 Å². The van der Waals surface area contributed by atoms with Crippen molar-refractivity contribution in [2.45, 2.75) is 38.4 Å². The Kier molecular flexibility index (Phi) is 5.96. The Balaban J connectivity index is 1.38. The maximum Gasteiger partial charge on any atom is 0.255 e. The number of fused-ring (bicyclic) bond motifs is 4. The van der Waals surface area contributed by atoms with E-state index in [0.717, 1.165) is 50.4 Å². The first-order chi connectivity index (χ1) is 15.3. The molecule has 5 rings (SSSR count). The van der Waals surface area contributed by atoms with Crippen molar-refractivity contribution in [2.75, 3.05) is 19.6 Å². The molecule has 0 radical (unpaired) electrons. The summed E-state index contributed by atoms with van der Waals surface area (Å²) in [4.78, 5) is 20.3. The lowest BCUT2D eigenvalue weighted by molar-refractivity contribution is 0.245. The zero-order valence-corrected chi connectivity index (χ0v) is 17.9. The predicted molar refractivity (Wildman–Crippen MR) is 123 cm³/mol. The molecule has 3 aromatic rings. The standard InChI is InChI=1S/C26H30N4O/c31-26-22(9-10-25-23-14-21(15-27-16-23)17-30(25)26)18-29(19-24-8-4-5-12-28-24)13-11-20-6-2-1-3-7-20/h1-10,12,21,23,27H,11,13-19H2/t21-,23+/m0/s1. The minimum absolute atomic E-state index is 0.194. The monoisotopic (exact) mass is 414 g/mol. The van der Waals surface area contributed by atoms with Crippen LogP contribution in [0.4, 0.5) is 0 Å². The van der Waals surface area contributed by atoms with E-state index in [1.807, 2.05) is 24.4 Å². The molecule has 2 atom stereocenters.